The number of hydrogen-bond acceptors (Lipinski definition) is 12. The summed E-state index contributed by atoms with van der Waals surface area (Å²) in [5.41, 5.74) is 16.2. The summed E-state index contributed by atoms with van der Waals surface area (Å²) < 4.78 is 13.3. The first kappa shape index (κ1) is 37.1. The van der Waals surface area contributed by atoms with Crippen LogP contribution < -0.4 is 11.5 Å². The van der Waals surface area contributed by atoms with E-state index in [-0.39, 0.29) is 29.9 Å². The Morgan fingerprint density at radius 2 is 1.00 bits per heavy atom. The number of esters is 4. The van der Waals surface area contributed by atoms with E-state index in [1.54, 1.807) is 0 Å². The number of carboxylic acid groups (broad SMARTS) is 1. The Morgan fingerprint density at radius 1 is 0.617 bits per heavy atom. The van der Waals surface area contributed by atoms with Crippen molar-refractivity contribution in [3.63, 3.8) is 0 Å². The van der Waals surface area contributed by atoms with E-state index >= 15 is 0 Å². The number of benzene rings is 4. The summed E-state index contributed by atoms with van der Waals surface area (Å²) >= 11 is 0. The minimum Gasteiger partial charge on any atom is -0.478 e. The molecule has 0 spiro atoms. The second kappa shape index (κ2) is 18.7. The first-order valence-electron chi connectivity index (χ1n) is 13.7. The van der Waals surface area contributed by atoms with Gasteiger partial charge in [0, 0.05) is 11.4 Å². The third-order valence-corrected chi connectivity index (χ3v) is 6.09. The minimum atomic E-state index is -1.15. The zero-order valence-electron chi connectivity index (χ0n) is 25.5. The molecule has 47 heavy (non-hydrogen) atoms. The molecule has 5 rings (SSSR count). The summed E-state index contributed by atoms with van der Waals surface area (Å²) in [7, 11) is 2.60. The van der Waals surface area contributed by atoms with Crippen molar-refractivity contribution in [3.8, 4) is 0 Å². The molecular weight excluding hydrogens is 612 g/mol. The largest absolute Gasteiger partial charge is 0.478 e. The van der Waals surface area contributed by atoms with Crippen molar-refractivity contribution in [2.24, 2.45) is 0 Å². The van der Waals surface area contributed by atoms with E-state index in [2.05, 4.69) is 14.2 Å². The first-order chi connectivity index (χ1) is 22.4. The summed E-state index contributed by atoms with van der Waals surface area (Å²) in [6, 6.07) is 25.6. The Bertz CT molecular complexity index is 1590. The van der Waals surface area contributed by atoms with Crippen molar-refractivity contribution < 1.29 is 53.5 Å². The number of nitrogens with two attached hydrogens (primary N) is 2. The number of cyclic esters (lactones) is 2. The predicted octanol–water partition coefficient (Wildman–Crippen LogP) is 3.37. The van der Waals surface area contributed by atoms with E-state index in [1.807, 2.05) is 48.5 Å². The lowest BCUT2D eigenvalue weighted by molar-refractivity contribution is 0.0441. The summed E-state index contributed by atoms with van der Waals surface area (Å²) in [4.78, 5) is 54.6. The highest BCUT2D eigenvalue weighted by molar-refractivity contribution is 6.15. The fourth-order valence-electron chi connectivity index (χ4n) is 3.70. The summed E-state index contributed by atoms with van der Waals surface area (Å²) in [5.74, 6) is -3.54. The molecule has 0 aromatic heterocycles. The van der Waals surface area contributed by atoms with E-state index in [0.29, 0.717) is 11.1 Å². The van der Waals surface area contributed by atoms with Gasteiger partial charge in [-0.05, 0) is 84.3 Å². The van der Waals surface area contributed by atoms with Crippen LogP contribution in [-0.2, 0) is 20.6 Å². The minimum absolute atomic E-state index is 0.00917. The van der Waals surface area contributed by atoms with Crippen LogP contribution in [0.3, 0.4) is 0 Å². The highest BCUT2D eigenvalue weighted by Crippen LogP contribution is 2.21. The zero-order valence-corrected chi connectivity index (χ0v) is 25.5. The van der Waals surface area contributed by atoms with Crippen LogP contribution in [0.1, 0.15) is 62.9 Å². The highest BCUT2D eigenvalue weighted by Gasteiger charge is 2.30. The number of carbonyl (C=O) groups is 5. The maximum atomic E-state index is 11.0. The molecule has 0 unspecified atom stereocenters. The zero-order chi connectivity index (χ0) is 34.9. The molecule has 7 N–H and O–H groups in total. The Hall–Kier alpha value is -6.05. The third-order valence-electron chi connectivity index (χ3n) is 6.09. The van der Waals surface area contributed by atoms with Crippen molar-refractivity contribution in [2.75, 3.05) is 38.9 Å². The first-order valence-corrected chi connectivity index (χ1v) is 13.7. The maximum Gasteiger partial charge on any atom is 0.346 e. The van der Waals surface area contributed by atoms with Crippen LogP contribution in [0, 0.1) is 0 Å². The van der Waals surface area contributed by atoms with Crippen LogP contribution in [0.5, 0.6) is 0 Å². The quantitative estimate of drug-likeness (QED) is 0.0877. The number of carbonyl (C=O) groups excluding carboxylic acids is 4. The Balaban J connectivity index is 0.000000232. The Labute approximate surface area is 269 Å². The van der Waals surface area contributed by atoms with Crippen molar-refractivity contribution in [1.82, 2.24) is 0 Å². The number of fused-ring (bicyclic) bond motifs is 1. The van der Waals surface area contributed by atoms with Gasteiger partial charge in [-0.1, -0.05) is 24.3 Å². The van der Waals surface area contributed by atoms with Crippen LogP contribution in [-0.4, -0.2) is 72.6 Å². The van der Waals surface area contributed by atoms with E-state index in [4.69, 9.17) is 26.8 Å². The number of methoxy groups -OCH3 is 2. The average molecular weight is 647 g/mol. The fourth-order valence-corrected chi connectivity index (χ4v) is 3.70. The van der Waals surface area contributed by atoms with Crippen LogP contribution in [0.4, 0.5) is 11.4 Å². The average Bonchev–Trinajstić information content (AvgIpc) is 3.38. The number of anilines is 2. The second-order valence-corrected chi connectivity index (χ2v) is 9.41. The van der Waals surface area contributed by atoms with Gasteiger partial charge < -0.3 is 41.0 Å². The number of nitrogen functional groups attached to an aromatic ring is 2. The van der Waals surface area contributed by atoms with E-state index in [1.165, 1.54) is 61.7 Å². The highest BCUT2D eigenvalue weighted by atomic mass is 16.6. The molecule has 0 aliphatic carbocycles. The smallest absolute Gasteiger partial charge is 0.346 e. The number of hydrogen-bond donors (Lipinski definition) is 5. The molecule has 0 saturated carbocycles. The van der Waals surface area contributed by atoms with Crippen LogP contribution in [0.25, 0.3) is 0 Å². The molecule has 0 radical (unpaired) electrons. The molecule has 4 aromatic carbocycles. The van der Waals surface area contributed by atoms with Gasteiger partial charge in [-0.2, -0.15) is 0 Å². The molecule has 0 fully saturated rings. The lowest BCUT2D eigenvalue weighted by Crippen LogP contribution is -2.04. The SMILES string of the molecule is COC(=O)c1ccc(C(=O)OC)cc1.Nc1ccc(Cc2ccc(N)cc2)cc1.O=C(O)c1ccc2c(c1)C(=O)OC2=O.OCCO. The molecule has 246 valence electrons. The van der Waals surface area contributed by atoms with Crippen LogP contribution in [0.2, 0.25) is 0 Å². The molecule has 1 aliphatic rings. The van der Waals surface area contributed by atoms with Crippen LogP contribution >= 0.6 is 0 Å². The molecule has 0 saturated heterocycles. The van der Waals surface area contributed by atoms with Crippen molar-refractivity contribution in [3.05, 3.63) is 130 Å². The monoisotopic (exact) mass is 646 g/mol. The van der Waals surface area contributed by atoms with Gasteiger partial charge >= 0.3 is 29.8 Å². The van der Waals surface area contributed by atoms with Gasteiger partial charge in [-0.3, -0.25) is 0 Å². The topological polar surface area (TPSA) is 226 Å². The maximum absolute atomic E-state index is 11.0. The standard InChI is InChI=1S/C13H14N2.C10H10O4.C9H4O5.C2H6O2/c14-12-5-1-10(2-6-12)9-11-3-7-13(15)8-4-11;1-13-9(11)7-3-5-8(6-4-7)10(12)14-2;10-7(11)4-1-2-5-6(3-4)9(13)14-8(5)12;3-1-2-4/h1-8H,9,14-15H2;3-6H,1-2H3;1-3H,(H,10,11);3-4H,1-2H2. The molecule has 4 aromatic rings. The number of aliphatic hydroxyl groups excluding tert-OH is 2. The van der Waals surface area contributed by atoms with Crippen LogP contribution in [0.15, 0.2) is 91.0 Å². The molecule has 1 heterocycles. The number of aliphatic hydroxyl groups is 2. The summed E-state index contributed by atoms with van der Waals surface area (Å²) in [5, 5.41) is 23.9. The molecule has 0 bridgehead atoms. The third kappa shape index (κ3) is 11.8. The van der Waals surface area contributed by atoms with Gasteiger partial charge in [0.05, 0.1) is 55.3 Å². The normalized spacial score (nSPS) is 10.7. The van der Waals surface area contributed by atoms with E-state index in [9.17, 15) is 24.0 Å². The van der Waals surface area contributed by atoms with E-state index in [0.717, 1.165) is 23.9 Å². The molecule has 1 aliphatic heterocycles. The van der Waals surface area contributed by atoms with Gasteiger partial charge in [0.2, 0.25) is 0 Å². The number of ether oxygens (including phenoxy) is 3. The number of aromatic carboxylic acids is 1. The molecular formula is C34H34N2O11. The van der Waals surface area contributed by atoms with Gasteiger partial charge in [0.15, 0.2) is 0 Å². The lowest BCUT2D eigenvalue weighted by Gasteiger charge is -2.02. The predicted molar refractivity (Wildman–Crippen MR) is 171 cm³/mol. The fraction of sp³-hybridized carbons (Fsp3) is 0.147. The van der Waals surface area contributed by atoms with E-state index < -0.39 is 29.8 Å². The molecule has 13 nitrogen and oxygen atoms in total. The van der Waals surface area contributed by atoms with Crippen molar-refractivity contribution in [1.29, 1.82) is 0 Å². The van der Waals surface area contributed by atoms with Gasteiger partial charge in [-0.15, -0.1) is 0 Å². The van der Waals surface area contributed by atoms with Gasteiger partial charge in [0.25, 0.3) is 0 Å². The number of carboxylic acids is 1. The molecule has 13 heteroatoms. The second-order valence-electron chi connectivity index (χ2n) is 9.41. The molecule has 0 amide bonds. The molecule has 0 atom stereocenters. The van der Waals surface area contributed by atoms with Crippen molar-refractivity contribution >= 4 is 41.2 Å². The lowest BCUT2D eigenvalue weighted by atomic mass is 10.0. The van der Waals surface area contributed by atoms with Gasteiger partial charge in [-0.25, -0.2) is 24.0 Å². The summed E-state index contributed by atoms with van der Waals surface area (Å²) in [6.45, 7) is -0.250. The number of rotatable bonds is 6. The van der Waals surface area contributed by atoms with Gasteiger partial charge in [0.1, 0.15) is 0 Å². The Kier molecular flexibility index (Phi) is 14.8. The Morgan fingerprint density at radius 3 is 1.36 bits per heavy atom. The summed E-state index contributed by atoms with van der Waals surface area (Å²) in [6.07, 6.45) is 0.917. The van der Waals surface area contributed by atoms with Crippen molar-refractivity contribution in [2.45, 2.75) is 6.42 Å².